The SMILES string of the molecule is Cc1cncc(C2=NCCC2=Cc2ccc(OC(F)(F)F)cc2)c1. The molecule has 0 bridgehead atoms. The van der Waals surface area contributed by atoms with Crippen LogP contribution in [0.25, 0.3) is 6.08 Å². The lowest BCUT2D eigenvalue weighted by Crippen LogP contribution is -2.16. The third-order valence-electron chi connectivity index (χ3n) is 3.56. The number of aryl methyl sites for hydroxylation is 1. The summed E-state index contributed by atoms with van der Waals surface area (Å²) in [4.78, 5) is 8.71. The molecular weight excluding hydrogens is 317 g/mol. The van der Waals surface area contributed by atoms with Crippen molar-refractivity contribution in [3.63, 3.8) is 0 Å². The topological polar surface area (TPSA) is 34.5 Å². The van der Waals surface area contributed by atoms with Crippen molar-refractivity contribution >= 4 is 11.8 Å². The van der Waals surface area contributed by atoms with Gasteiger partial charge in [0.15, 0.2) is 0 Å². The van der Waals surface area contributed by atoms with E-state index in [1.165, 1.54) is 12.1 Å². The quantitative estimate of drug-likeness (QED) is 0.825. The van der Waals surface area contributed by atoms with E-state index in [-0.39, 0.29) is 5.75 Å². The van der Waals surface area contributed by atoms with Crippen LogP contribution in [0.1, 0.15) is 23.1 Å². The monoisotopic (exact) mass is 332 g/mol. The van der Waals surface area contributed by atoms with E-state index in [4.69, 9.17) is 0 Å². The highest BCUT2D eigenvalue weighted by molar-refractivity contribution is 6.16. The Kier molecular flexibility index (Phi) is 4.38. The Labute approximate surface area is 137 Å². The van der Waals surface area contributed by atoms with Gasteiger partial charge < -0.3 is 4.74 Å². The Morgan fingerprint density at radius 2 is 1.88 bits per heavy atom. The molecule has 0 aliphatic carbocycles. The lowest BCUT2D eigenvalue weighted by atomic mass is 10.0. The summed E-state index contributed by atoms with van der Waals surface area (Å²) in [7, 11) is 0. The molecule has 0 saturated carbocycles. The van der Waals surface area contributed by atoms with Gasteiger partial charge >= 0.3 is 6.36 Å². The van der Waals surface area contributed by atoms with Crippen LogP contribution < -0.4 is 4.74 Å². The van der Waals surface area contributed by atoms with Crippen molar-refractivity contribution < 1.29 is 17.9 Å². The van der Waals surface area contributed by atoms with Crippen LogP contribution in [0.5, 0.6) is 5.75 Å². The van der Waals surface area contributed by atoms with Gasteiger partial charge in [0, 0.05) is 24.5 Å². The Bertz CT molecular complexity index is 793. The number of hydrogen-bond acceptors (Lipinski definition) is 3. The first kappa shape index (κ1) is 16.2. The summed E-state index contributed by atoms with van der Waals surface area (Å²) in [5.74, 6) is -0.229. The number of aliphatic imine (C=N–C) groups is 1. The van der Waals surface area contributed by atoms with E-state index in [2.05, 4.69) is 14.7 Å². The van der Waals surface area contributed by atoms with Crippen molar-refractivity contribution in [2.45, 2.75) is 19.7 Å². The number of ether oxygens (including phenoxy) is 1. The van der Waals surface area contributed by atoms with E-state index >= 15 is 0 Å². The van der Waals surface area contributed by atoms with Crippen LogP contribution in [-0.2, 0) is 0 Å². The van der Waals surface area contributed by atoms with Crippen LogP contribution in [0.4, 0.5) is 13.2 Å². The summed E-state index contributed by atoms with van der Waals surface area (Å²) >= 11 is 0. The fraction of sp³-hybridized carbons (Fsp3) is 0.222. The molecule has 0 saturated heterocycles. The van der Waals surface area contributed by atoms with Gasteiger partial charge in [-0.2, -0.15) is 0 Å². The fourth-order valence-corrected chi connectivity index (χ4v) is 2.58. The molecule has 2 heterocycles. The Balaban J connectivity index is 1.82. The Morgan fingerprint density at radius 3 is 2.54 bits per heavy atom. The van der Waals surface area contributed by atoms with Crippen LogP contribution in [0.15, 0.2) is 53.3 Å². The molecule has 124 valence electrons. The first-order valence-electron chi connectivity index (χ1n) is 7.44. The van der Waals surface area contributed by atoms with Crippen LogP contribution in [0.2, 0.25) is 0 Å². The molecule has 0 amide bonds. The zero-order valence-corrected chi connectivity index (χ0v) is 13.0. The van der Waals surface area contributed by atoms with Crippen molar-refractivity contribution in [1.82, 2.24) is 4.98 Å². The normalized spacial score (nSPS) is 16.3. The molecule has 6 heteroatoms. The maximum atomic E-state index is 12.2. The molecule has 0 spiro atoms. The number of hydrogen-bond donors (Lipinski definition) is 0. The van der Waals surface area contributed by atoms with Crippen LogP contribution in [-0.4, -0.2) is 23.6 Å². The lowest BCUT2D eigenvalue weighted by molar-refractivity contribution is -0.274. The minimum absolute atomic E-state index is 0.229. The first-order chi connectivity index (χ1) is 11.4. The average molecular weight is 332 g/mol. The van der Waals surface area contributed by atoms with Crippen molar-refractivity contribution in [1.29, 1.82) is 0 Å². The van der Waals surface area contributed by atoms with E-state index in [1.807, 2.05) is 19.1 Å². The molecule has 1 aromatic carbocycles. The zero-order chi connectivity index (χ0) is 17.2. The summed E-state index contributed by atoms with van der Waals surface area (Å²) in [6.45, 7) is 2.67. The van der Waals surface area contributed by atoms with Crippen molar-refractivity contribution in [3.8, 4) is 5.75 Å². The molecule has 3 rings (SSSR count). The second-order valence-electron chi connectivity index (χ2n) is 5.52. The lowest BCUT2D eigenvalue weighted by Gasteiger charge is -2.09. The fourth-order valence-electron chi connectivity index (χ4n) is 2.58. The number of rotatable bonds is 3. The van der Waals surface area contributed by atoms with Crippen molar-refractivity contribution in [2.75, 3.05) is 6.54 Å². The van der Waals surface area contributed by atoms with Gasteiger partial charge in [0.2, 0.25) is 0 Å². The Morgan fingerprint density at radius 1 is 1.12 bits per heavy atom. The molecular formula is C18H15F3N2O. The van der Waals surface area contributed by atoms with Gasteiger partial charge in [-0.3, -0.25) is 9.98 Å². The standard InChI is InChI=1S/C18H15F3N2O/c1-12-8-15(11-22-10-12)17-14(6-7-23-17)9-13-2-4-16(5-3-13)24-18(19,20)21/h2-5,8-11H,6-7H2,1H3. The summed E-state index contributed by atoms with van der Waals surface area (Å²) in [6, 6.07) is 7.82. The number of alkyl halides is 3. The van der Waals surface area contributed by atoms with Crippen LogP contribution >= 0.6 is 0 Å². The molecule has 0 N–H and O–H groups in total. The van der Waals surface area contributed by atoms with Crippen molar-refractivity contribution in [3.05, 3.63) is 65.0 Å². The van der Waals surface area contributed by atoms with Gasteiger partial charge in [-0.05, 0) is 54.3 Å². The summed E-state index contributed by atoms with van der Waals surface area (Å²) in [5, 5.41) is 0. The summed E-state index contributed by atoms with van der Waals surface area (Å²) in [6.07, 6.45) is 1.60. The van der Waals surface area contributed by atoms with Gasteiger partial charge in [-0.25, -0.2) is 0 Å². The highest BCUT2D eigenvalue weighted by Crippen LogP contribution is 2.25. The number of aromatic nitrogens is 1. The van der Waals surface area contributed by atoms with E-state index in [0.717, 1.165) is 34.4 Å². The minimum Gasteiger partial charge on any atom is -0.406 e. The second-order valence-corrected chi connectivity index (χ2v) is 5.52. The van der Waals surface area contributed by atoms with Gasteiger partial charge in [0.1, 0.15) is 5.75 Å². The van der Waals surface area contributed by atoms with Crippen LogP contribution in [0, 0.1) is 6.92 Å². The molecule has 24 heavy (non-hydrogen) atoms. The predicted octanol–water partition coefficient (Wildman–Crippen LogP) is 4.57. The number of benzene rings is 1. The van der Waals surface area contributed by atoms with Gasteiger partial charge in [0.25, 0.3) is 0 Å². The predicted molar refractivity (Wildman–Crippen MR) is 86.1 cm³/mol. The van der Waals surface area contributed by atoms with E-state index < -0.39 is 6.36 Å². The highest BCUT2D eigenvalue weighted by atomic mass is 19.4. The van der Waals surface area contributed by atoms with E-state index in [1.54, 1.807) is 24.5 Å². The largest absolute Gasteiger partial charge is 0.573 e. The maximum absolute atomic E-state index is 12.2. The molecule has 3 nitrogen and oxygen atoms in total. The molecule has 0 fully saturated rings. The molecule has 2 aromatic rings. The number of pyridine rings is 1. The third kappa shape index (κ3) is 4.01. The second kappa shape index (κ2) is 6.47. The number of halogens is 3. The van der Waals surface area contributed by atoms with E-state index in [9.17, 15) is 13.2 Å². The van der Waals surface area contributed by atoms with Crippen molar-refractivity contribution in [2.24, 2.45) is 4.99 Å². The molecule has 1 aromatic heterocycles. The van der Waals surface area contributed by atoms with Gasteiger partial charge in [-0.15, -0.1) is 13.2 Å². The van der Waals surface area contributed by atoms with E-state index in [0.29, 0.717) is 6.54 Å². The summed E-state index contributed by atoms with van der Waals surface area (Å²) < 4.78 is 40.4. The Hall–Kier alpha value is -2.63. The summed E-state index contributed by atoms with van der Waals surface area (Å²) in [5.41, 5.74) is 4.74. The molecule has 0 unspecified atom stereocenters. The van der Waals surface area contributed by atoms with Gasteiger partial charge in [0.05, 0.1) is 5.71 Å². The number of nitrogens with zero attached hydrogens (tertiary/aromatic N) is 2. The third-order valence-corrected chi connectivity index (χ3v) is 3.56. The maximum Gasteiger partial charge on any atom is 0.573 e. The molecule has 1 aliphatic heterocycles. The molecule has 0 radical (unpaired) electrons. The molecule has 1 aliphatic rings. The van der Waals surface area contributed by atoms with Gasteiger partial charge in [-0.1, -0.05) is 12.1 Å². The average Bonchev–Trinajstić information content (AvgIpc) is 2.96. The smallest absolute Gasteiger partial charge is 0.406 e. The minimum atomic E-state index is -4.68. The first-order valence-corrected chi connectivity index (χ1v) is 7.44. The highest BCUT2D eigenvalue weighted by Gasteiger charge is 2.30. The zero-order valence-electron chi connectivity index (χ0n) is 13.0. The van der Waals surface area contributed by atoms with Crippen LogP contribution in [0.3, 0.4) is 0 Å². The molecule has 0 atom stereocenters.